The van der Waals surface area contributed by atoms with E-state index < -0.39 is 48.4 Å². The predicted molar refractivity (Wildman–Crippen MR) is 189 cm³/mol. The van der Waals surface area contributed by atoms with E-state index in [1.54, 1.807) is 25.7 Å². The molecule has 262 valence electrons. The lowest BCUT2D eigenvalue weighted by molar-refractivity contribution is -0.125. The highest BCUT2D eigenvalue weighted by atomic mass is 32.1. The van der Waals surface area contributed by atoms with Crippen LogP contribution in [0, 0.1) is 0 Å². The molecular weight excluding hydrogens is 665 g/mol. The maximum atomic E-state index is 13.5. The number of amides is 4. The third-order valence-corrected chi connectivity index (χ3v) is 9.72. The van der Waals surface area contributed by atoms with Crippen LogP contribution in [0.15, 0.2) is 77.8 Å². The first kappa shape index (κ1) is 37.4. The van der Waals surface area contributed by atoms with Crippen molar-refractivity contribution in [3.05, 3.63) is 104 Å². The molecule has 4 rings (SSSR count). The van der Waals surface area contributed by atoms with Gasteiger partial charge < -0.3 is 35.8 Å². The zero-order valence-corrected chi connectivity index (χ0v) is 29.6. The highest BCUT2D eigenvalue weighted by Crippen LogP contribution is 2.20. The van der Waals surface area contributed by atoms with E-state index in [0.717, 1.165) is 26.7 Å². The average molecular weight is 709 g/mol. The molecule has 5 atom stereocenters. The number of hydrogen-bond acceptors (Lipinski definition) is 10. The van der Waals surface area contributed by atoms with Crippen LogP contribution in [0.4, 0.5) is 9.59 Å². The molecule has 5 N–H and O–H groups in total. The summed E-state index contributed by atoms with van der Waals surface area (Å²) in [5.41, 5.74) is 4.00. The zero-order valence-electron chi connectivity index (χ0n) is 28.0. The van der Waals surface area contributed by atoms with Crippen LogP contribution in [-0.2, 0) is 35.5 Å². The molecule has 0 aliphatic carbocycles. The topological polar surface area (TPSA) is 166 Å². The van der Waals surface area contributed by atoms with E-state index in [-0.39, 0.29) is 31.9 Å². The van der Waals surface area contributed by atoms with Crippen molar-refractivity contribution in [3.8, 4) is 0 Å². The number of aromatic nitrogens is 2. The maximum absolute atomic E-state index is 13.5. The van der Waals surface area contributed by atoms with Crippen LogP contribution >= 0.6 is 22.7 Å². The fraction of sp³-hybridized carbons (Fsp3) is 0.400. The number of aliphatic hydroxyl groups excluding tert-OH is 2. The molecule has 0 bridgehead atoms. The number of benzene rings is 2. The number of thiazole rings is 2. The standard InChI is InChI=1S/C35H44N6O6S2/c1-22(2)33-38-26(20-48-33)18-41(4)34(45)37-23(3)32(44)39-28(15-24-11-7-5-8-12-24)30(42)31(43)29(16-25-13-9-6-10-14-25)40-35(46)47-19-27-17-36-21-49-27/h5-14,17,20-23,28-31,42-43H,15-16,18-19H2,1-4H3,(H,37,45)(H,39,44)(H,40,46)/t23-,28-,29-,30-,31+/m0/s1. The SMILES string of the molecule is CC(C)c1nc(CN(C)C(=O)N[C@@H](C)C(=O)N[C@@H](Cc2ccccc2)[C@H](O)[C@H](O)[C@H](Cc2ccccc2)NC(=O)OCc2cncs2)cs1. The van der Waals surface area contributed by atoms with Gasteiger partial charge in [-0.3, -0.25) is 9.78 Å². The fourth-order valence-corrected chi connectivity index (χ4v) is 6.35. The summed E-state index contributed by atoms with van der Waals surface area (Å²) >= 11 is 2.88. The summed E-state index contributed by atoms with van der Waals surface area (Å²) in [5, 5.41) is 34.3. The number of nitrogens with zero attached hydrogens (tertiary/aromatic N) is 3. The van der Waals surface area contributed by atoms with Crippen molar-refractivity contribution < 1.29 is 29.3 Å². The normalized spacial score (nSPS) is 14.3. The Labute approximate surface area is 294 Å². The summed E-state index contributed by atoms with van der Waals surface area (Å²) in [6, 6.07) is 15.0. The Bertz CT molecular complexity index is 1610. The molecule has 14 heteroatoms. The number of alkyl carbamates (subject to hydrolysis) is 1. The molecule has 0 saturated heterocycles. The Morgan fingerprint density at radius 1 is 0.857 bits per heavy atom. The van der Waals surface area contributed by atoms with Gasteiger partial charge in [-0.2, -0.15) is 0 Å². The van der Waals surface area contributed by atoms with Gasteiger partial charge in [0.25, 0.3) is 0 Å². The number of rotatable bonds is 16. The molecule has 2 heterocycles. The molecule has 49 heavy (non-hydrogen) atoms. The fourth-order valence-electron chi connectivity index (χ4n) is 5.01. The quantitative estimate of drug-likeness (QED) is 0.115. The Kier molecular flexibility index (Phi) is 14.1. The van der Waals surface area contributed by atoms with Crippen molar-refractivity contribution >= 4 is 40.7 Å². The molecule has 4 aromatic rings. The Balaban J connectivity index is 1.45. The van der Waals surface area contributed by atoms with E-state index in [1.165, 1.54) is 27.6 Å². The van der Waals surface area contributed by atoms with Gasteiger partial charge >= 0.3 is 12.1 Å². The van der Waals surface area contributed by atoms with E-state index in [0.29, 0.717) is 0 Å². The van der Waals surface area contributed by atoms with E-state index in [1.807, 2.05) is 66.0 Å². The number of carbonyl (C=O) groups is 3. The highest BCUT2D eigenvalue weighted by Gasteiger charge is 2.35. The Morgan fingerprint density at radius 2 is 1.45 bits per heavy atom. The van der Waals surface area contributed by atoms with Crippen LogP contribution in [0.2, 0.25) is 0 Å². The second kappa shape index (κ2) is 18.4. The van der Waals surface area contributed by atoms with Crippen LogP contribution in [0.25, 0.3) is 0 Å². The van der Waals surface area contributed by atoms with Crippen molar-refractivity contribution in [2.24, 2.45) is 0 Å². The highest BCUT2D eigenvalue weighted by molar-refractivity contribution is 7.09. The summed E-state index contributed by atoms with van der Waals surface area (Å²) in [6.07, 6.45) is -1.87. The van der Waals surface area contributed by atoms with E-state index in [2.05, 4.69) is 39.8 Å². The smallest absolute Gasteiger partial charge is 0.407 e. The van der Waals surface area contributed by atoms with Crippen molar-refractivity contribution in [1.82, 2.24) is 30.8 Å². The first-order valence-corrected chi connectivity index (χ1v) is 17.8. The molecule has 0 aliphatic rings. The minimum Gasteiger partial charge on any atom is -0.444 e. The molecule has 12 nitrogen and oxygen atoms in total. The molecule has 4 amide bonds. The van der Waals surface area contributed by atoms with E-state index in [4.69, 9.17) is 4.74 Å². The molecule has 0 fully saturated rings. The number of aliphatic hydroxyl groups is 2. The molecule has 0 aliphatic heterocycles. The number of ether oxygens (including phenoxy) is 1. The molecule has 0 spiro atoms. The van der Waals surface area contributed by atoms with Crippen LogP contribution in [0.3, 0.4) is 0 Å². The van der Waals surface area contributed by atoms with Gasteiger partial charge in [-0.15, -0.1) is 22.7 Å². The summed E-state index contributed by atoms with van der Waals surface area (Å²) in [6.45, 7) is 5.93. The van der Waals surface area contributed by atoms with Gasteiger partial charge in [0.05, 0.1) is 39.7 Å². The number of nitrogens with one attached hydrogen (secondary N) is 3. The van der Waals surface area contributed by atoms with E-state index in [9.17, 15) is 24.6 Å². The van der Waals surface area contributed by atoms with Crippen LogP contribution in [-0.4, -0.2) is 80.5 Å². The minimum atomic E-state index is -1.52. The van der Waals surface area contributed by atoms with Gasteiger partial charge in [-0.05, 0) is 30.9 Å². The largest absolute Gasteiger partial charge is 0.444 e. The lowest BCUT2D eigenvalue weighted by Crippen LogP contribution is -2.59. The third-order valence-electron chi connectivity index (χ3n) is 7.77. The first-order chi connectivity index (χ1) is 23.5. The third kappa shape index (κ3) is 11.6. The molecule has 2 aromatic carbocycles. The monoisotopic (exact) mass is 708 g/mol. The Morgan fingerprint density at radius 3 is 1.98 bits per heavy atom. The average Bonchev–Trinajstić information content (AvgIpc) is 3.80. The van der Waals surface area contributed by atoms with Crippen molar-refractivity contribution in [1.29, 1.82) is 0 Å². The first-order valence-electron chi connectivity index (χ1n) is 16.0. The zero-order chi connectivity index (χ0) is 35.3. The van der Waals surface area contributed by atoms with Gasteiger partial charge in [-0.1, -0.05) is 74.5 Å². The molecule has 0 unspecified atom stereocenters. The number of hydrogen-bond donors (Lipinski definition) is 5. The van der Waals surface area contributed by atoms with Crippen LogP contribution < -0.4 is 16.0 Å². The summed E-state index contributed by atoms with van der Waals surface area (Å²) in [4.78, 5) is 50.0. The molecule has 2 aromatic heterocycles. The van der Waals surface area contributed by atoms with Crippen molar-refractivity contribution in [2.75, 3.05) is 7.05 Å². The lowest BCUT2D eigenvalue weighted by atomic mass is 9.91. The lowest BCUT2D eigenvalue weighted by Gasteiger charge is -2.33. The summed E-state index contributed by atoms with van der Waals surface area (Å²) in [5.74, 6) is -0.270. The van der Waals surface area contributed by atoms with Crippen LogP contribution in [0.5, 0.6) is 0 Å². The molecule has 0 saturated carbocycles. The second-order valence-corrected chi connectivity index (χ2v) is 14.0. The van der Waals surface area contributed by atoms with E-state index >= 15 is 0 Å². The van der Waals surface area contributed by atoms with Crippen molar-refractivity contribution in [3.63, 3.8) is 0 Å². The predicted octanol–water partition coefficient (Wildman–Crippen LogP) is 4.24. The van der Waals surface area contributed by atoms with Gasteiger partial charge in [0, 0.05) is 24.5 Å². The number of urea groups is 1. The van der Waals surface area contributed by atoms with Gasteiger partial charge in [-0.25, -0.2) is 14.6 Å². The molecular formula is C35H44N6O6S2. The number of carbonyl (C=O) groups excluding carboxylic acids is 3. The van der Waals surface area contributed by atoms with Gasteiger partial charge in [0.15, 0.2) is 0 Å². The Hall–Kier alpha value is -4.37. The van der Waals surface area contributed by atoms with Gasteiger partial charge in [0.2, 0.25) is 5.91 Å². The maximum Gasteiger partial charge on any atom is 0.407 e. The van der Waals surface area contributed by atoms with Crippen LogP contribution in [0.1, 0.15) is 53.4 Å². The summed E-state index contributed by atoms with van der Waals surface area (Å²) in [7, 11) is 1.62. The van der Waals surface area contributed by atoms with Gasteiger partial charge in [0.1, 0.15) is 24.9 Å². The van der Waals surface area contributed by atoms with Crippen molar-refractivity contribution in [2.45, 2.75) is 83.0 Å². The minimum absolute atomic E-state index is 0.00144. The summed E-state index contributed by atoms with van der Waals surface area (Å²) < 4.78 is 5.35. The molecule has 0 radical (unpaired) electrons. The second-order valence-electron chi connectivity index (χ2n) is 12.1.